The molecule has 0 rings (SSSR count). The van der Waals surface area contributed by atoms with Crippen molar-refractivity contribution in [3.8, 4) is 0 Å². The van der Waals surface area contributed by atoms with Crippen molar-refractivity contribution in [2.24, 2.45) is 17.4 Å². The summed E-state index contributed by atoms with van der Waals surface area (Å²) in [6.45, 7) is 7.12. The van der Waals surface area contributed by atoms with E-state index >= 15 is 0 Å². The van der Waals surface area contributed by atoms with Crippen LogP contribution in [0.2, 0.25) is 0 Å². The molecule has 0 aliphatic heterocycles. The second kappa shape index (κ2) is 6.18. The third-order valence-corrected chi connectivity index (χ3v) is 6.36. The fourth-order valence-corrected chi connectivity index (χ4v) is 4.48. The van der Waals surface area contributed by atoms with E-state index in [9.17, 15) is 26.4 Å². The SMILES string of the molecule is C=CS(=O)(=O)C(C(N)=O)C(C)C(C(N)=O)S(=O)(=O)C=C. The third kappa shape index (κ3) is 3.67. The molecule has 0 aromatic carbocycles. The Morgan fingerprint density at radius 1 is 0.900 bits per heavy atom. The van der Waals surface area contributed by atoms with Gasteiger partial charge in [0, 0.05) is 16.7 Å². The molecule has 0 aromatic rings. The van der Waals surface area contributed by atoms with E-state index in [1.54, 1.807) is 0 Å². The van der Waals surface area contributed by atoms with E-state index in [0.717, 1.165) is 6.92 Å². The maximum absolute atomic E-state index is 11.7. The monoisotopic (exact) mass is 324 g/mol. The van der Waals surface area contributed by atoms with Crippen molar-refractivity contribution < 1.29 is 26.4 Å². The lowest BCUT2D eigenvalue weighted by Gasteiger charge is -2.24. The van der Waals surface area contributed by atoms with E-state index in [4.69, 9.17) is 11.5 Å². The van der Waals surface area contributed by atoms with Crippen molar-refractivity contribution in [3.05, 3.63) is 24.0 Å². The predicted molar refractivity (Wildman–Crippen MR) is 73.4 cm³/mol. The second-order valence-electron chi connectivity index (χ2n) is 4.02. The maximum Gasteiger partial charge on any atom is 0.236 e. The molecule has 0 radical (unpaired) electrons. The molecule has 0 aliphatic carbocycles. The van der Waals surface area contributed by atoms with E-state index in [-0.39, 0.29) is 0 Å². The van der Waals surface area contributed by atoms with E-state index in [1.807, 2.05) is 0 Å². The minimum Gasteiger partial charge on any atom is -0.369 e. The van der Waals surface area contributed by atoms with Crippen LogP contribution in [0.3, 0.4) is 0 Å². The lowest BCUT2D eigenvalue weighted by Crippen LogP contribution is -2.50. The first-order chi connectivity index (χ1) is 8.92. The van der Waals surface area contributed by atoms with Gasteiger partial charge in [0.2, 0.25) is 11.8 Å². The van der Waals surface area contributed by atoms with Gasteiger partial charge in [-0.3, -0.25) is 9.59 Å². The third-order valence-electron chi connectivity index (χ3n) is 2.69. The first-order valence-electron chi connectivity index (χ1n) is 5.23. The molecule has 0 aliphatic rings. The van der Waals surface area contributed by atoms with Crippen LogP contribution in [0, 0.1) is 5.92 Å². The molecule has 0 bridgehead atoms. The molecule has 2 amide bonds. The Morgan fingerprint density at radius 3 is 1.30 bits per heavy atom. The molecule has 0 spiro atoms. The molecule has 20 heavy (non-hydrogen) atoms. The number of hydrogen-bond acceptors (Lipinski definition) is 6. The largest absolute Gasteiger partial charge is 0.369 e. The topological polar surface area (TPSA) is 154 Å². The number of hydrogen-bond donors (Lipinski definition) is 2. The second-order valence-corrected chi connectivity index (χ2v) is 8.05. The lowest BCUT2D eigenvalue weighted by molar-refractivity contribution is -0.119. The Kier molecular flexibility index (Phi) is 5.66. The molecule has 2 atom stereocenters. The number of rotatable bonds is 8. The highest BCUT2D eigenvalue weighted by Gasteiger charge is 2.45. The smallest absolute Gasteiger partial charge is 0.236 e. The summed E-state index contributed by atoms with van der Waals surface area (Å²) in [5, 5.41) is -2.94. The minimum atomic E-state index is -4.22. The van der Waals surface area contributed by atoms with E-state index < -0.39 is 47.9 Å². The Balaban J connectivity index is 6.08. The molecule has 10 heteroatoms. The first kappa shape index (κ1) is 18.3. The molecule has 8 nitrogen and oxygen atoms in total. The number of carbonyl (C=O) groups is 2. The van der Waals surface area contributed by atoms with Crippen molar-refractivity contribution in [1.29, 1.82) is 0 Å². The van der Waals surface area contributed by atoms with Crippen LogP contribution < -0.4 is 11.5 Å². The molecule has 0 saturated carbocycles. The van der Waals surface area contributed by atoms with E-state index in [0.29, 0.717) is 10.8 Å². The van der Waals surface area contributed by atoms with Gasteiger partial charge in [0.25, 0.3) is 0 Å². The van der Waals surface area contributed by atoms with Gasteiger partial charge in [-0.1, -0.05) is 20.1 Å². The summed E-state index contributed by atoms with van der Waals surface area (Å²) >= 11 is 0. The van der Waals surface area contributed by atoms with Crippen molar-refractivity contribution >= 4 is 31.5 Å². The minimum absolute atomic E-state index is 0.470. The average molecular weight is 324 g/mol. The molecule has 0 aromatic heterocycles. The summed E-state index contributed by atoms with van der Waals surface area (Å²) in [5.41, 5.74) is 9.97. The standard InChI is InChI=1S/C10H16N2O6S2/c1-4-19(15,16)7(9(11)13)6(3)8(10(12)14)20(17,18)5-2/h4-8H,1-2H2,3H3,(H2,11,13)(H2,12,14). The number of sulfone groups is 2. The quantitative estimate of drug-likeness (QED) is 0.550. The Morgan fingerprint density at radius 2 is 1.15 bits per heavy atom. The molecule has 0 saturated heterocycles. The normalized spacial score (nSPS) is 16.6. The maximum atomic E-state index is 11.7. The van der Waals surface area contributed by atoms with E-state index in [1.165, 1.54) is 0 Å². The summed E-state index contributed by atoms with van der Waals surface area (Å²) < 4.78 is 46.9. The predicted octanol–water partition coefficient (Wildman–Crippen LogP) is -1.55. The summed E-state index contributed by atoms with van der Waals surface area (Å²) in [5.74, 6) is -4.10. The summed E-state index contributed by atoms with van der Waals surface area (Å²) in [7, 11) is -8.45. The van der Waals surface area contributed by atoms with Gasteiger partial charge in [0.1, 0.15) is 10.5 Å². The molecular weight excluding hydrogens is 308 g/mol. The number of carbonyl (C=O) groups excluding carboxylic acids is 2. The van der Waals surface area contributed by atoms with Gasteiger partial charge in [0.15, 0.2) is 19.7 Å². The highest BCUT2D eigenvalue weighted by atomic mass is 32.2. The van der Waals surface area contributed by atoms with Gasteiger partial charge in [-0.15, -0.1) is 0 Å². The zero-order valence-corrected chi connectivity index (χ0v) is 12.4. The zero-order valence-electron chi connectivity index (χ0n) is 10.7. The highest BCUT2D eigenvalue weighted by molar-refractivity contribution is 7.96. The highest BCUT2D eigenvalue weighted by Crippen LogP contribution is 2.23. The fraction of sp³-hybridized carbons (Fsp3) is 0.400. The summed E-state index contributed by atoms with van der Waals surface area (Å²) in [4.78, 5) is 22.6. The van der Waals surface area contributed by atoms with Crippen LogP contribution in [0.5, 0.6) is 0 Å². The Hall–Kier alpha value is -1.68. The van der Waals surface area contributed by atoms with Gasteiger partial charge in [-0.2, -0.15) is 0 Å². The Bertz CT molecular complexity index is 579. The average Bonchev–Trinajstić information content (AvgIpc) is 2.27. The van der Waals surface area contributed by atoms with Gasteiger partial charge < -0.3 is 11.5 Å². The van der Waals surface area contributed by atoms with Crippen LogP contribution in [-0.4, -0.2) is 39.1 Å². The van der Waals surface area contributed by atoms with Gasteiger partial charge in [0.05, 0.1) is 0 Å². The van der Waals surface area contributed by atoms with Crippen LogP contribution in [0.15, 0.2) is 24.0 Å². The van der Waals surface area contributed by atoms with Crippen LogP contribution in [0.25, 0.3) is 0 Å². The van der Waals surface area contributed by atoms with Crippen molar-refractivity contribution in [2.75, 3.05) is 0 Å². The lowest BCUT2D eigenvalue weighted by atomic mass is 10.0. The van der Waals surface area contributed by atoms with Crippen LogP contribution in [0.1, 0.15) is 6.92 Å². The summed E-state index contributed by atoms with van der Waals surface area (Å²) in [6, 6.07) is 0. The Labute approximate surface area is 117 Å². The molecule has 4 N–H and O–H groups in total. The van der Waals surface area contributed by atoms with Crippen LogP contribution in [-0.2, 0) is 29.3 Å². The molecular formula is C10H16N2O6S2. The molecule has 2 unspecified atom stereocenters. The van der Waals surface area contributed by atoms with Gasteiger partial charge in [-0.05, 0) is 0 Å². The van der Waals surface area contributed by atoms with Gasteiger partial charge in [-0.25, -0.2) is 16.8 Å². The van der Waals surface area contributed by atoms with Gasteiger partial charge >= 0.3 is 0 Å². The van der Waals surface area contributed by atoms with E-state index in [2.05, 4.69) is 13.2 Å². The van der Waals surface area contributed by atoms with Crippen molar-refractivity contribution in [3.63, 3.8) is 0 Å². The van der Waals surface area contributed by atoms with Crippen molar-refractivity contribution in [1.82, 2.24) is 0 Å². The zero-order chi connectivity index (χ0) is 16.3. The number of amides is 2. The number of primary amides is 2. The molecule has 0 heterocycles. The first-order valence-corrected chi connectivity index (χ1v) is 8.45. The van der Waals surface area contributed by atoms with Crippen molar-refractivity contribution in [2.45, 2.75) is 17.4 Å². The fourth-order valence-electron chi connectivity index (χ4n) is 1.81. The van der Waals surface area contributed by atoms with Crippen LogP contribution >= 0.6 is 0 Å². The summed E-state index contributed by atoms with van der Waals surface area (Å²) in [6.07, 6.45) is 0. The van der Waals surface area contributed by atoms with Crippen LogP contribution in [0.4, 0.5) is 0 Å². The number of nitrogens with two attached hydrogens (primary N) is 2. The molecule has 114 valence electrons. The molecule has 0 fully saturated rings.